The van der Waals surface area contributed by atoms with E-state index in [1.807, 2.05) is 144 Å². The average Bonchev–Trinajstić information content (AvgIpc) is 1.85. The van der Waals surface area contributed by atoms with Crippen LogP contribution in [-0.2, 0) is 29.3 Å². The molecule has 0 unspecified atom stereocenters. The number of anilines is 2. The molecule has 75 heavy (non-hydrogen) atoms. The van der Waals surface area contributed by atoms with Crippen LogP contribution < -0.4 is 9.64 Å². The minimum atomic E-state index is -3.52. The lowest BCUT2D eigenvalue weighted by atomic mass is 9.78. The molecule has 0 fully saturated rings. The highest BCUT2D eigenvalue weighted by atomic mass is 16.5. The van der Waals surface area contributed by atoms with Crippen LogP contribution in [0.3, 0.4) is 0 Å². The Hall–Kier alpha value is -7.89. The van der Waals surface area contributed by atoms with Crippen molar-refractivity contribution in [3.8, 4) is 28.4 Å². The number of hydrogen-bond acceptors (Lipinski definition) is 3. The molecule has 12 rings (SSSR count). The molecule has 0 spiro atoms. The first-order chi connectivity index (χ1) is 40.4. The first-order valence-corrected chi connectivity index (χ1v) is 25.9. The van der Waals surface area contributed by atoms with E-state index in [1.54, 1.807) is 0 Å². The summed E-state index contributed by atoms with van der Waals surface area (Å²) in [4.78, 5) is 7.11. The summed E-state index contributed by atoms with van der Waals surface area (Å²) in [5.41, 5.74) is 3.72. The number of nitrogens with zero attached hydrogens (tertiary/aromatic N) is 4. The van der Waals surface area contributed by atoms with Crippen molar-refractivity contribution in [2.45, 2.75) is 105 Å². The molecule has 0 radical (unpaired) electrons. The second kappa shape index (κ2) is 17.9. The highest BCUT2D eigenvalue weighted by molar-refractivity contribution is 6.23. The molecular weight excluding hydrogens is 913 g/mol. The fourth-order valence-corrected chi connectivity index (χ4v) is 11.2. The van der Waals surface area contributed by atoms with E-state index in [4.69, 9.17) is 22.1 Å². The van der Waals surface area contributed by atoms with Crippen molar-refractivity contribution in [1.82, 2.24) is 14.1 Å². The van der Waals surface area contributed by atoms with Gasteiger partial charge in [0.25, 0.3) is 0 Å². The quantitative estimate of drug-likeness (QED) is 0.160. The number of ether oxygens (including phenoxy) is 1. The van der Waals surface area contributed by atoms with Gasteiger partial charge in [0.05, 0.1) is 27.8 Å². The molecule has 0 atom stereocenters. The fourth-order valence-electron chi connectivity index (χ4n) is 11.2. The maximum atomic E-state index is 9.85. The molecule has 4 heterocycles. The number of fused-ring (bicyclic) bond motifs is 10. The van der Waals surface area contributed by atoms with E-state index in [1.165, 1.54) is 17.7 Å². The zero-order chi connectivity index (χ0) is 61.4. The van der Waals surface area contributed by atoms with Gasteiger partial charge in [-0.05, 0) is 126 Å². The van der Waals surface area contributed by atoms with E-state index in [9.17, 15) is 2.74 Å². The molecule has 0 amide bonds. The van der Waals surface area contributed by atoms with E-state index >= 15 is 0 Å². The summed E-state index contributed by atoms with van der Waals surface area (Å²) in [6.45, 7) is 5.74. The van der Waals surface area contributed by atoms with Crippen molar-refractivity contribution in [3.63, 3.8) is 0 Å². The Kier molecular flexibility index (Phi) is 8.82. The summed E-state index contributed by atoms with van der Waals surface area (Å²) in [6, 6.07) is 57.4. The third kappa shape index (κ3) is 8.47. The second-order valence-corrected chi connectivity index (χ2v) is 22.5. The monoisotopic (exact) mass is 992 g/mol. The van der Waals surface area contributed by atoms with Gasteiger partial charge in [-0.3, -0.25) is 4.57 Å². The number of benzene rings is 8. The number of pyridine rings is 1. The van der Waals surface area contributed by atoms with Crippen LogP contribution in [0.2, 0.25) is 0 Å². The summed E-state index contributed by atoms with van der Waals surface area (Å²) in [6.07, 6.45) is 0.0124. The van der Waals surface area contributed by atoms with Crippen molar-refractivity contribution in [2.75, 3.05) is 4.90 Å². The van der Waals surface area contributed by atoms with Crippen LogP contribution in [0.4, 0.5) is 11.4 Å². The summed E-state index contributed by atoms with van der Waals surface area (Å²) in [5.74, 6) is 1.56. The van der Waals surface area contributed by atoms with E-state index in [0.29, 0.717) is 50.0 Å². The number of para-hydroxylation sites is 3. The van der Waals surface area contributed by atoms with Crippen molar-refractivity contribution in [3.05, 3.63) is 204 Å². The van der Waals surface area contributed by atoms with Crippen molar-refractivity contribution in [1.29, 1.82) is 0 Å². The summed E-state index contributed by atoms with van der Waals surface area (Å²) >= 11 is 0. The Morgan fingerprint density at radius 1 is 0.547 bits per heavy atom. The highest BCUT2D eigenvalue weighted by Crippen LogP contribution is 2.47. The molecule has 374 valence electrons. The molecule has 0 saturated carbocycles. The predicted molar refractivity (Wildman–Crippen MR) is 319 cm³/mol. The third-order valence-electron chi connectivity index (χ3n) is 14.8. The Bertz CT molecular complexity index is 4570. The largest absolute Gasteiger partial charge is 0.457 e. The summed E-state index contributed by atoms with van der Waals surface area (Å²) in [5, 5.41) is 6.96. The molecule has 0 aliphatic carbocycles. The number of hydrogen-bond donors (Lipinski definition) is 0. The van der Waals surface area contributed by atoms with Crippen LogP contribution in [0.1, 0.15) is 113 Å². The van der Waals surface area contributed by atoms with Crippen LogP contribution in [0.5, 0.6) is 11.5 Å². The van der Waals surface area contributed by atoms with E-state index in [2.05, 4.69) is 95.5 Å². The summed E-state index contributed by atoms with van der Waals surface area (Å²) < 4.78 is 111. The molecule has 0 saturated heterocycles. The standard InChI is InChI=1S/C70H68N4O/c1-44(2)36-45-20-16-27-58-54-23-12-13-24-55(54)59-28-19-31-62-67(59)73(66-53(26-18-29-60(66)65(45)58)46-37-48(69(6,7)8)39-49(38-46)70(9,10)11)43-72(62)50-21-17-22-51(41-50)75-52-32-33-57-56-25-14-15-30-61(56)74(63(57)42-52)64-40-47(34-35-71-64)68(3,4)5/h12-35,37-42,44H,36,43H2,1-11H3/i6D3,7D3,8D3,36D2. The van der Waals surface area contributed by atoms with E-state index < -0.39 is 43.7 Å². The molecule has 3 aromatic heterocycles. The van der Waals surface area contributed by atoms with Crippen LogP contribution in [0.25, 0.3) is 82.1 Å². The van der Waals surface area contributed by atoms with Crippen molar-refractivity contribution >= 4 is 76.5 Å². The zero-order valence-electron chi connectivity index (χ0n) is 54.8. The molecule has 1 aliphatic rings. The second-order valence-electron chi connectivity index (χ2n) is 22.5. The van der Waals surface area contributed by atoms with Gasteiger partial charge in [0.1, 0.15) is 24.0 Å². The minimum absolute atomic E-state index is 0.0969. The topological polar surface area (TPSA) is 35.2 Å². The normalized spacial score (nSPS) is 16.0. The maximum absolute atomic E-state index is 9.85. The van der Waals surface area contributed by atoms with Crippen LogP contribution in [0, 0.1) is 5.92 Å². The maximum Gasteiger partial charge on any atom is 0.137 e. The average molecular weight is 992 g/mol. The SMILES string of the molecule is [2H]C([2H])(c1cccc2c3ccccc3c3cccc4c3n(c3c(-c5cc(C(C)(C)C)cc(C(C([2H])([2H])[2H])(C([2H])([2H])[2H])C([2H])([2H])[2H])c5)cccc3c12)CN4c1cccc(Oc2ccc3c4ccccc4n(-c4cc(C(C)(C)C)ccn4)c3c2)c1)C(C)C. The van der Waals surface area contributed by atoms with Gasteiger partial charge >= 0.3 is 0 Å². The molecule has 5 heteroatoms. The molecule has 11 aromatic rings. The lowest BCUT2D eigenvalue weighted by molar-refractivity contribution is 0.483. The van der Waals surface area contributed by atoms with Crippen LogP contribution in [0.15, 0.2) is 182 Å². The van der Waals surface area contributed by atoms with Crippen LogP contribution in [-0.4, -0.2) is 14.1 Å². The number of aromatic nitrogens is 3. The lowest BCUT2D eigenvalue weighted by Crippen LogP contribution is -2.17. The first-order valence-electron chi connectivity index (χ1n) is 31.4. The highest BCUT2D eigenvalue weighted by Gasteiger charge is 2.28. The molecular formula is C70H68N4O. The van der Waals surface area contributed by atoms with Gasteiger partial charge in [-0.1, -0.05) is 191 Å². The van der Waals surface area contributed by atoms with Gasteiger partial charge in [-0.25, -0.2) is 4.98 Å². The molecule has 1 aliphatic heterocycles. The van der Waals surface area contributed by atoms with Gasteiger partial charge in [-0.2, -0.15) is 0 Å². The Morgan fingerprint density at radius 3 is 1.95 bits per heavy atom. The number of rotatable bonds is 7. The Morgan fingerprint density at radius 2 is 1.19 bits per heavy atom. The van der Waals surface area contributed by atoms with Gasteiger partial charge in [0, 0.05) is 66.2 Å². The van der Waals surface area contributed by atoms with Gasteiger partial charge < -0.3 is 14.2 Å². The smallest absolute Gasteiger partial charge is 0.137 e. The van der Waals surface area contributed by atoms with Gasteiger partial charge in [0.2, 0.25) is 0 Å². The molecule has 8 aromatic carbocycles. The van der Waals surface area contributed by atoms with Gasteiger partial charge in [0.15, 0.2) is 0 Å². The van der Waals surface area contributed by atoms with Crippen molar-refractivity contribution < 1.29 is 19.8 Å². The van der Waals surface area contributed by atoms with E-state index in [-0.39, 0.29) is 17.6 Å². The molecule has 0 bridgehead atoms. The predicted octanol–water partition coefficient (Wildman–Crippen LogP) is 19.4. The van der Waals surface area contributed by atoms with Crippen molar-refractivity contribution in [2.24, 2.45) is 5.92 Å². The van der Waals surface area contributed by atoms with E-state index in [0.717, 1.165) is 66.1 Å². The minimum Gasteiger partial charge on any atom is -0.457 e. The Balaban J connectivity index is 1.13. The first kappa shape index (κ1) is 36.9. The lowest BCUT2D eigenvalue weighted by Gasteiger charge is -2.27. The molecule has 0 N–H and O–H groups in total. The summed E-state index contributed by atoms with van der Waals surface area (Å²) in [7, 11) is 0. The zero-order valence-corrected chi connectivity index (χ0v) is 43.8. The van der Waals surface area contributed by atoms with Crippen LogP contribution >= 0.6 is 0 Å². The fraction of sp³-hybridized carbons (Fsp3) is 0.243. The molecule has 5 nitrogen and oxygen atoms in total. The van der Waals surface area contributed by atoms with Gasteiger partial charge in [-0.15, -0.1) is 0 Å². The third-order valence-corrected chi connectivity index (χ3v) is 14.8. The Labute approximate surface area is 457 Å².